The van der Waals surface area contributed by atoms with E-state index in [4.69, 9.17) is 9.72 Å². The largest absolute Gasteiger partial charge is 0.494 e. The van der Waals surface area contributed by atoms with Gasteiger partial charge in [0.05, 0.1) is 17.6 Å². The van der Waals surface area contributed by atoms with Crippen molar-refractivity contribution in [1.29, 1.82) is 0 Å². The Morgan fingerprint density at radius 3 is 2.67 bits per heavy atom. The third-order valence-corrected chi connectivity index (χ3v) is 5.18. The van der Waals surface area contributed by atoms with Crippen molar-refractivity contribution in [2.24, 2.45) is 0 Å². The van der Waals surface area contributed by atoms with Gasteiger partial charge in [-0.2, -0.15) is 0 Å². The Balaban J connectivity index is 1.51. The van der Waals surface area contributed by atoms with Crippen LogP contribution in [-0.4, -0.2) is 40.1 Å². The third-order valence-electron chi connectivity index (χ3n) is 5.18. The molecule has 1 fully saturated rings. The van der Waals surface area contributed by atoms with Crippen LogP contribution < -0.4 is 4.74 Å². The maximum Gasteiger partial charge on any atom is 0.223 e. The van der Waals surface area contributed by atoms with Gasteiger partial charge >= 0.3 is 0 Å². The van der Waals surface area contributed by atoms with Crippen molar-refractivity contribution in [3.05, 3.63) is 60.4 Å². The molecule has 1 unspecified atom stereocenters. The molecule has 1 aliphatic rings. The van der Waals surface area contributed by atoms with E-state index in [0.717, 1.165) is 48.7 Å². The molecule has 0 saturated carbocycles. The number of hydrogen-bond acceptors (Lipinski definition) is 3. The molecule has 27 heavy (non-hydrogen) atoms. The maximum absolute atomic E-state index is 12.2. The van der Waals surface area contributed by atoms with Gasteiger partial charge in [-0.05, 0) is 37.6 Å². The summed E-state index contributed by atoms with van der Waals surface area (Å²) in [4.78, 5) is 19.0. The molecule has 0 radical (unpaired) electrons. The summed E-state index contributed by atoms with van der Waals surface area (Å²) < 4.78 is 8.12. The number of nitrogens with zero attached hydrogens (tertiary/aromatic N) is 3. The van der Waals surface area contributed by atoms with Crippen molar-refractivity contribution in [2.45, 2.75) is 32.2 Å². The lowest BCUT2D eigenvalue weighted by Crippen LogP contribution is -2.24. The van der Waals surface area contributed by atoms with Crippen LogP contribution >= 0.6 is 0 Å². The van der Waals surface area contributed by atoms with Gasteiger partial charge in [-0.25, -0.2) is 4.98 Å². The molecule has 0 N–H and O–H groups in total. The van der Waals surface area contributed by atoms with E-state index in [-0.39, 0.29) is 11.8 Å². The van der Waals surface area contributed by atoms with E-state index >= 15 is 0 Å². The van der Waals surface area contributed by atoms with Crippen molar-refractivity contribution < 1.29 is 9.53 Å². The van der Waals surface area contributed by atoms with Crippen LogP contribution in [0.3, 0.4) is 0 Å². The van der Waals surface area contributed by atoms with Crippen molar-refractivity contribution in [2.75, 3.05) is 19.7 Å². The first-order valence-corrected chi connectivity index (χ1v) is 9.67. The van der Waals surface area contributed by atoms with Crippen LogP contribution in [0.2, 0.25) is 0 Å². The first-order valence-electron chi connectivity index (χ1n) is 9.67. The normalized spacial score (nSPS) is 17.0. The Bertz CT molecular complexity index is 920. The maximum atomic E-state index is 12.2. The van der Waals surface area contributed by atoms with Crippen molar-refractivity contribution in [1.82, 2.24) is 14.5 Å². The lowest BCUT2D eigenvalue weighted by Gasteiger charge is -2.15. The van der Waals surface area contributed by atoms with Crippen molar-refractivity contribution in [3.63, 3.8) is 0 Å². The highest BCUT2D eigenvalue weighted by atomic mass is 16.5. The Morgan fingerprint density at radius 1 is 1.11 bits per heavy atom. The molecule has 0 spiro atoms. The fourth-order valence-corrected chi connectivity index (χ4v) is 3.82. The van der Waals surface area contributed by atoms with Crippen LogP contribution in [0.4, 0.5) is 0 Å². The molecule has 1 aromatic heterocycles. The number of amides is 1. The number of likely N-dealkylation sites (tertiary alicyclic amines) is 1. The van der Waals surface area contributed by atoms with Crippen LogP contribution in [0, 0.1) is 0 Å². The second-order valence-corrected chi connectivity index (χ2v) is 6.96. The molecule has 140 valence electrons. The number of aromatic nitrogens is 2. The summed E-state index contributed by atoms with van der Waals surface area (Å²) in [6.07, 6.45) is 1.44. The van der Waals surface area contributed by atoms with E-state index in [2.05, 4.69) is 10.6 Å². The highest BCUT2D eigenvalue weighted by Gasteiger charge is 2.32. The Morgan fingerprint density at radius 2 is 1.89 bits per heavy atom. The van der Waals surface area contributed by atoms with Gasteiger partial charge in [0.1, 0.15) is 11.6 Å². The van der Waals surface area contributed by atoms with Gasteiger partial charge in [0.2, 0.25) is 5.91 Å². The van der Waals surface area contributed by atoms with E-state index in [1.165, 1.54) is 0 Å². The average molecular weight is 363 g/mol. The molecule has 1 aliphatic heterocycles. The first kappa shape index (κ1) is 17.6. The molecule has 1 atom stereocenters. The Hall–Kier alpha value is -2.82. The zero-order valence-electron chi connectivity index (χ0n) is 15.7. The molecule has 2 aromatic carbocycles. The Kier molecular flexibility index (Phi) is 5.10. The van der Waals surface area contributed by atoms with E-state index < -0.39 is 0 Å². The molecule has 1 amide bonds. The van der Waals surface area contributed by atoms with Gasteiger partial charge in [-0.3, -0.25) is 4.79 Å². The van der Waals surface area contributed by atoms with E-state index in [9.17, 15) is 4.79 Å². The Labute approximate surface area is 159 Å². The topological polar surface area (TPSA) is 47.4 Å². The van der Waals surface area contributed by atoms with Gasteiger partial charge in [-0.15, -0.1) is 0 Å². The molecule has 0 bridgehead atoms. The quantitative estimate of drug-likeness (QED) is 0.599. The summed E-state index contributed by atoms with van der Waals surface area (Å²) in [6, 6.07) is 18.1. The third kappa shape index (κ3) is 3.68. The summed E-state index contributed by atoms with van der Waals surface area (Å²) in [6.45, 7) is 5.05. The molecule has 1 saturated heterocycles. The minimum absolute atomic E-state index is 0.167. The van der Waals surface area contributed by atoms with Crippen LogP contribution in [-0.2, 0) is 11.3 Å². The van der Waals surface area contributed by atoms with Crippen molar-refractivity contribution in [3.8, 4) is 5.75 Å². The van der Waals surface area contributed by atoms with Gasteiger partial charge in [-0.1, -0.05) is 30.3 Å². The molecule has 5 heteroatoms. The van der Waals surface area contributed by atoms with Gasteiger partial charge < -0.3 is 14.2 Å². The van der Waals surface area contributed by atoms with Crippen LogP contribution in [0.5, 0.6) is 5.75 Å². The molecular formula is C22H25N3O2. The molecule has 5 nitrogen and oxygen atoms in total. The van der Waals surface area contributed by atoms with Crippen LogP contribution in [0.15, 0.2) is 54.6 Å². The zero-order chi connectivity index (χ0) is 18.6. The lowest BCUT2D eigenvalue weighted by atomic mass is 10.1. The standard InChI is InChI=1S/C22H25N3O2/c1-2-24-16-17(15-21(24)26)22-23-19-11-6-7-12-20(19)25(22)13-8-14-27-18-9-4-3-5-10-18/h3-7,9-12,17H,2,8,13-16H2,1H3. The van der Waals surface area contributed by atoms with Gasteiger partial charge in [0.15, 0.2) is 0 Å². The molecule has 4 rings (SSSR count). The number of aryl methyl sites for hydroxylation is 1. The number of likely N-dealkylation sites (N-methyl/N-ethyl adjacent to an activating group) is 1. The van der Waals surface area contributed by atoms with E-state index in [0.29, 0.717) is 13.0 Å². The van der Waals surface area contributed by atoms with Crippen molar-refractivity contribution >= 4 is 16.9 Å². The number of fused-ring (bicyclic) bond motifs is 1. The highest BCUT2D eigenvalue weighted by Crippen LogP contribution is 2.30. The highest BCUT2D eigenvalue weighted by molar-refractivity contribution is 5.80. The van der Waals surface area contributed by atoms with Crippen LogP contribution in [0.1, 0.15) is 31.5 Å². The van der Waals surface area contributed by atoms with Gasteiger partial charge in [0, 0.05) is 32.0 Å². The summed E-state index contributed by atoms with van der Waals surface area (Å²) in [7, 11) is 0. The first-order chi connectivity index (χ1) is 13.3. The second-order valence-electron chi connectivity index (χ2n) is 6.96. The monoisotopic (exact) mass is 363 g/mol. The summed E-state index contributed by atoms with van der Waals surface area (Å²) in [5, 5.41) is 0. The fourth-order valence-electron chi connectivity index (χ4n) is 3.82. The number of benzene rings is 2. The predicted octanol–water partition coefficient (Wildman–Crippen LogP) is 3.84. The molecule has 0 aliphatic carbocycles. The number of carbonyl (C=O) groups is 1. The minimum Gasteiger partial charge on any atom is -0.494 e. The zero-order valence-corrected chi connectivity index (χ0v) is 15.7. The number of ether oxygens (including phenoxy) is 1. The van der Waals surface area contributed by atoms with E-state index in [1.807, 2.05) is 60.4 Å². The number of carbonyl (C=O) groups excluding carboxylic acids is 1. The SMILES string of the molecule is CCN1CC(c2nc3ccccc3n2CCCOc2ccccc2)CC1=O. The molecule has 3 aromatic rings. The lowest BCUT2D eigenvalue weighted by molar-refractivity contribution is -0.127. The predicted molar refractivity (Wildman–Crippen MR) is 106 cm³/mol. The number of hydrogen-bond donors (Lipinski definition) is 0. The summed E-state index contributed by atoms with van der Waals surface area (Å²) in [5.41, 5.74) is 2.13. The van der Waals surface area contributed by atoms with E-state index in [1.54, 1.807) is 0 Å². The number of imidazole rings is 1. The average Bonchev–Trinajstić information content (AvgIpc) is 3.26. The fraction of sp³-hybridized carbons (Fsp3) is 0.364. The number of rotatable bonds is 7. The molecular weight excluding hydrogens is 338 g/mol. The summed E-state index contributed by atoms with van der Waals surface area (Å²) in [5.74, 6) is 2.32. The minimum atomic E-state index is 0.167. The second kappa shape index (κ2) is 7.82. The van der Waals surface area contributed by atoms with Gasteiger partial charge in [0.25, 0.3) is 0 Å². The van der Waals surface area contributed by atoms with Crippen LogP contribution in [0.25, 0.3) is 11.0 Å². The molecule has 2 heterocycles. The smallest absolute Gasteiger partial charge is 0.223 e. The number of para-hydroxylation sites is 3. The summed E-state index contributed by atoms with van der Waals surface area (Å²) >= 11 is 0.